The van der Waals surface area contributed by atoms with Crippen LogP contribution in [0.15, 0.2) is 24.3 Å². The van der Waals surface area contributed by atoms with Gasteiger partial charge in [-0.05, 0) is 33.3 Å². The summed E-state index contributed by atoms with van der Waals surface area (Å²) in [6, 6.07) is 7.78. The van der Waals surface area contributed by atoms with Crippen LogP contribution in [0.25, 0.3) is 0 Å². The van der Waals surface area contributed by atoms with Gasteiger partial charge < -0.3 is 20.7 Å². The van der Waals surface area contributed by atoms with Crippen molar-refractivity contribution in [1.29, 1.82) is 0 Å². The zero-order valence-electron chi connectivity index (χ0n) is 16.0. The Labute approximate surface area is 154 Å². The van der Waals surface area contributed by atoms with Crippen molar-refractivity contribution in [3.8, 4) is 0 Å². The molecule has 0 atom stereocenters. The Balaban J connectivity index is 2.09. The smallest absolute Gasteiger partial charge is 0.407 e. The van der Waals surface area contributed by atoms with Gasteiger partial charge in [0.1, 0.15) is 5.60 Å². The van der Waals surface area contributed by atoms with Crippen molar-refractivity contribution in [3.05, 3.63) is 35.4 Å². The van der Waals surface area contributed by atoms with Gasteiger partial charge in [0.2, 0.25) is 11.8 Å². The molecule has 1 aromatic carbocycles. The fraction of sp³-hybridized carbons (Fsp3) is 0.526. The highest BCUT2D eigenvalue weighted by molar-refractivity contribution is 5.79. The maximum absolute atomic E-state index is 11.8. The minimum Gasteiger partial charge on any atom is -0.444 e. The van der Waals surface area contributed by atoms with Crippen molar-refractivity contribution in [2.75, 3.05) is 19.6 Å². The van der Waals surface area contributed by atoms with E-state index in [2.05, 4.69) is 16.0 Å². The monoisotopic (exact) mass is 363 g/mol. The van der Waals surface area contributed by atoms with Gasteiger partial charge in [0, 0.05) is 26.1 Å². The highest BCUT2D eigenvalue weighted by atomic mass is 16.6. The molecule has 0 radical (unpaired) electrons. The lowest BCUT2D eigenvalue weighted by Crippen LogP contribution is -2.37. The van der Waals surface area contributed by atoms with Gasteiger partial charge in [-0.3, -0.25) is 9.59 Å². The molecule has 1 aromatic rings. The highest BCUT2D eigenvalue weighted by Crippen LogP contribution is 2.06. The van der Waals surface area contributed by atoms with Gasteiger partial charge >= 0.3 is 6.09 Å². The van der Waals surface area contributed by atoms with Crippen LogP contribution in [0.3, 0.4) is 0 Å². The summed E-state index contributed by atoms with van der Waals surface area (Å²) >= 11 is 0. The number of aryl methyl sites for hydroxylation is 1. The maximum atomic E-state index is 11.8. The summed E-state index contributed by atoms with van der Waals surface area (Å²) in [4.78, 5) is 34.9. The Bertz CT molecular complexity index is 606. The van der Waals surface area contributed by atoms with Crippen LogP contribution in [0, 0.1) is 6.92 Å². The summed E-state index contributed by atoms with van der Waals surface area (Å²) in [7, 11) is 0. The normalized spacial score (nSPS) is 10.8. The van der Waals surface area contributed by atoms with Gasteiger partial charge in [0.05, 0.1) is 6.42 Å². The molecule has 26 heavy (non-hydrogen) atoms. The van der Waals surface area contributed by atoms with E-state index in [1.165, 1.54) is 0 Å². The summed E-state index contributed by atoms with van der Waals surface area (Å²) in [5, 5.41) is 7.96. The molecular formula is C19H29N3O4. The van der Waals surface area contributed by atoms with E-state index in [1.807, 2.05) is 31.2 Å². The molecule has 7 heteroatoms. The second-order valence-electron chi connectivity index (χ2n) is 7.04. The second kappa shape index (κ2) is 10.4. The lowest BCUT2D eigenvalue weighted by atomic mass is 10.1. The number of benzene rings is 1. The van der Waals surface area contributed by atoms with E-state index in [-0.39, 0.29) is 24.8 Å². The SMILES string of the molecule is Cc1ccc(CC(=O)NCCNC(=O)CCNC(=O)OC(C)(C)C)cc1. The summed E-state index contributed by atoms with van der Waals surface area (Å²) in [6.07, 6.45) is -0.0846. The number of ether oxygens (including phenoxy) is 1. The minimum absolute atomic E-state index is 0.0882. The molecule has 0 saturated carbocycles. The molecule has 0 saturated heterocycles. The summed E-state index contributed by atoms with van der Waals surface area (Å²) in [6.45, 7) is 8.20. The van der Waals surface area contributed by atoms with Crippen molar-refractivity contribution in [2.24, 2.45) is 0 Å². The van der Waals surface area contributed by atoms with Crippen LogP contribution in [0.2, 0.25) is 0 Å². The molecule has 0 aromatic heterocycles. The standard InChI is InChI=1S/C19H29N3O4/c1-14-5-7-15(8-6-14)13-17(24)21-12-11-20-16(23)9-10-22-18(25)26-19(2,3)4/h5-8H,9-13H2,1-4H3,(H,20,23)(H,21,24)(H,22,25). The Morgan fingerprint density at radius 3 is 2.04 bits per heavy atom. The first-order valence-electron chi connectivity index (χ1n) is 8.71. The molecule has 7 nitrogen and oxygen atoms in total. The lowest BCUT2D eigenvalue weighted by molar-refractivity contribution is -0.122. The van der Waals surface area contributed by atoms with E-state index >= 15 is 0 Å². The number of rotatable bonds is 8. The quantitative estimate of drug-likeness (QED) is 0.612. The van der Waals surface area contributed by atoms with Gasteiger partial charge in [0.15, 0.2) is 0 Å². The largest absolute Gasteiger partial charge is 0.444 e. The summed E-state index contributed by atoms with van der Waals surface area (Å²) in [5.41, 5.74) is 1.53. The topological polar surface area (TPSA) is 96.5 Å². The first-order chi connectivity index (χ1) is 12.2. The first-order valence-corrected chi connectivity index (χ1v) is 8.71. The Kier molecular flexibility index (Phi) is 8.61. The van der Waals surface area contributed by atoms with Gasteiger partial charge in [-0.15, -0.1) is 0 Å². The summed E-state index contributed by atoms with van der Waals surface area (Å²) < 4.78 is 5.07. The van der Waals surface area contributed by atoms with Gasteiger partial charge in [-0.25, -0.2) is 4.79 Å². The molecule has 0 heterocycles. The number of amides is 3. The van der Waals surface area contributed by atoms with E-state index in [9.17, 15) is 14.4 Å². The first kappa shape index (κ1) is 21.5. The minimum atomic E-state index is -0.566. The average molecular weight is 363 g/mol. The van der Waals surface area contributed by atoms with E-state index in [1.54, 1.807) is 20.8 Å². The number of nitrogens with one attached hydrogen (secondary N) is 3. The molecule has 0 fully saturated rings. The van der Waals surface area contributed by atoms with Crippen LogP contribution in [0.1, 0.15) is 38.3 Å². The van der Waals surface area contributed by atoms with Crippen molar-refractivity contribution < 1.29 is 19.1 Å². The molecule has 0 aliphatic heterocycles. The molecule has 1 rings (SSSR count). The van der Waals surface area contributed by atoms with Gasteiger partial charge in [0.25, 0.3) is 0 Å². The predicted octanol–water partition coefficient (Wildman–Crippen LogP) is 1.68. The third kappa shape index (κ3) is 10.3. The van der Waals surface area contributed by atoms with Crippen molar-refractivity contribution in [1.82, 2.24) is 16.0 Å². The van der Waals surface area contributed by atoms with Crippen LogP contribution in [0.5, 0.6) is 0 Å². The zero-order valence-corrected chi connectivity index (χ0v) is 16.0. The highest BCUT2D eigenvalue weighted by Gasteiger charge is 2.15. The van der Waals surface area contributed by atoms with Crippen LogP contribution in [0.4, 0.5) is 4.79 Å². The number of hydrogen-bond acceptors (Lipinski definition) is 4. The molecule has 0 spiro atoms. The molecular weight excluding hydrogens is 334 g/mol. The van der Waals surface area contributed by atoms with Crippen molar-refractivity contribution >= 4 is 17.9 Å². The van der Waals surface area contributed by atoms with E-state index in [0.717, 1.165) is 11.1 Å². The Morgan fingerprint density at radius 1 is 0.885 bits per heavy atom. The molecule has 3 amide bonds. The van der Waals surface area contributed by atoms with Crippen LogP contribution in [-0.4, -0.2) is 43.1 Å². The van der Waals surface area contributed by atoms with Crippen molar-refractivity contribution in [3.63, 3.8) is 0 Å². The van der Waals surface area contributed by atoms with E-state index < -0.39 is 11.7 Å². The molecule has 0 aliphatic rings. The molecule has 144 valence electrons. The van der Waals surface area contributed by atoms with Crippen LogP contribution in [-0.2, 0) is 20.7 Å². The second-order valence-corrected chi connectivity index (χ2v) is 7.04. The maximum Gasteiger partial charge on any atom is 0.407 e. The third-order valence-electron chi connectivity index (χ3n) is 3.27. The zero-order chi connectivity index (χ0) is 19.6. The molecule has 0 unspecified atom stereocenters. The van der Waals surface area contributed by atoms with E-state index in [0.29, 0.717) is 19.5 Å². The van der Waals surface area contributed by atoms with Crippen molar-refractivity contribution in [2.45, 2.75) is 46.1 Å². The predicted molar refractivity (Wildman–Crippen MR) is 99.8 cm³/mol. The van der Waals surface area contributed by atoms with E-state index in [4.69, 9.17) is 4.74 Å². The van der Waals surface area contributed by atoms with Gasteiger partial charge in [-0.1, -0.05) is 29.8 Å². The molecule has 3 N–H and O–H groups in total. The fourth-order valence-corrected chi connectivity index (χ4v) is 2.04. The number of carbonyl (C=O) groups is 3. The van der Waals surface area contributed by atoms with Crippen LogP contribution >= 0.6 is 0 Å². The number of alkyl carbamates (subject to hydrolysis) is 1. The lowest BCUT2D eigenvalue weighted by Gasteiger charge is -2.19. The summed E-state index contributed by atoms with van der Waals surface area (Å²) in [5.74, 6) is -0.288. The molecule has 0 aliphatic carbocycles. The van der Waals surface area contributed by atoms with Gasteiger partial charge in [-0.2, -0.15) is 0 Å². The third-order valence-corrected chi connectivity index (χ3v) is 3.27. The van der Waals surface area contributed by atoms with Crippen LogP contribution < -0.4 is 16.0 Å². The fourth-order valence-electron chi connectivity index (χ4n) is 2.04. The Morgan fingerprint density at radius 2 is 1.46 bits per heavy atom. The number of hydrogen-bond donors (Lipinski definition) is 3. The average Bonchev–Trinajstić information content (AvgIpc) is 2.52. The molecule has 0 bridgehead atoms. The number of carbonyl (C=O) groups excluding carboxylic acids is 3. The Hall–Kier alpha value is -2.57.